The number of nitrogens with one attached hydrogen (secondary N) is 1. The lowest BCUT2D eigenvalue weighted by Gasteiger charge is -2.30. The van der Waals surface area contributed by atoms with Crippen LogP contribution in [0.1, 0.15) is 24.0 Å². The second-order valence-corrected chi connectivity index (χ2v) is 6.10. The summed E-state index contributed by atoms with van der Waals surface area (Å²) in [6, 6.07) is 5.80. The van der Waals surface area contributed by atoms with Gasteiger partial charge in [-0.3, -0.25) is 4.79 Å². The van der Waals surface area contributed by atoms with Gasteiger partial charge in [-0.25, -0.2) is 4.79 Å². The number of aryl methyl sites for hydroxylation is 1. The molecule has 21 heavy (non-hydrogen) atoms. The van der Waals surface area contributed by atoms with Crippen LogP contribution in [0.3, 0.4) is 0 Å². The number of aliphatic carboxylic acids is 1. The van der Waals surface area contributed by atoms with Gasteiger partial charge in [0, 0.05) is 24.1 Å². The Bertz CT molecular complexity index is 540. The number of carbonyl (C=O) groups is 2. The lowest BCUT2D eigenvalue weighted by atomic mass is 9.97. The number of rotatable bonds is 3. The number of halogens is 1. The van der Waals surface area contributed by atoms with E-state index in [9.17, 15) is 9.59 Å². The zero-order valence-corrected chi connectivity index (χ0v) is 13.5. The summed E-state index contributed by atoms with van der Waals surface area (Å²) in [5, 5.41) is 11.8. The summed E-state index contributed by atoms with van der Waals surface area (Å²) in [6.07, 6.45) is 1.05. The van der Waals surface area contributed by atoms with Crippen molar-refractivity contribution in [3.63, 3.8) is 0 Å². The van der Waals surface area contributed by atoms with Gasteiger partial charge in [-0.2, -0.15) is 0 Å². The molecule has 1 aliphatic heterocycles. The summed E-state index contributed by atoms with van der Waals surface area (Å²) in [5.74, 6) is -1.08. The predicted octanol–water partition coefficient (Wildman–Crippen LogP) is 2.76. The number of piperidine rings is 1. The van der Waals surface area contributed by atoms with Crippen LogP contribution < -0.4 is 5.32 Å². The first-order valence-corrected chi connectivity index (χ1v) is 7.78. The van der Waals surface area contributed by atoms with E-state index >= 15 is 0 Å². The summed E-state index contributed by atoms with van der Waals surface area (Å²) in [4.78, 5) is 24.7. The van der Waals surface area contributed by atoms with Crippen LogP contribution in [0.4, 0.5) is 4.79 Å². The standard InChI is InChI=1S/C15H19BrN2O3/c1-10-3-2-4-12(13(10)16)9-17-15(21)18-7-5-11(6-8-18)14(19)20/h2-4,11H,5-9H2,1H3,(H,17,21)(H,19,20). The largest absolute Gasteiger partial charge is 0.481 e. The number of hydrogen-bond donors (Lipinski definition) is 2. The zero-order valence-electron chi connectivity index (χ0n) is 11.9. The molecule has 0 radical (unpaired) electrons. The molecule has 5 nitrogen and oxygen atoms in total. The molecular weight excluding hydrogens is 336 g/mol. The maximum absolute atomic E-state index is 12.1. The second kappa shape index (κ2) is 6.93. The van der Waals surface area contributed by atoms with Gasteiger partial charge in [0.1, 0.15) is 0 Å². The number of likely N-dealkylation sites (tertiary alicyclic amines) is 1. The SMILES string of the molecule is Cc1cccc(CNC(=O)N2CCC(C(=O)O)CC2)c1Br. The van der Waals surface area contributed by atoms with Crippen LogP contribution in [0.5, 0.6) is 0 Å². The highest BCUT2D eigenvalue weighted by molar-refractivity contribution is 9.10. The van der Waals surface area contributed by atoms with Crippen LogP contribution in [0, 0.1) is 12.8 Å². The minimum Gasteiger partial charge on any atom is -0.481 e. The van der Waals surface area contributed by atoms with Crippen molar-refractivity contribution in [2.75, 3.05) is 13.1 Å². The molecule has 2 amide bonds. The maximum Gasteiger partial charge on any atom is 0.317 e. The lowest BCUT2D eigenvalue weighted by molar-refractivity contribution is -0.143. The molecule has 1 fully saturated rings. The van der Waals surface area contributed by atoms with Crippen LogP contribution >= 0.6 is 15.9 Å². The molecule has 1 aromatic carbocycles. The molecule has 0 aliphatic carbocycles. The van der Waals surface area contributed by atoms with E-state index < -0.39 is 5.97 Å². The highest BCUT2D eigenvalue weighted by atomic mass is 79.9. The van der Waals surface area contributed by atoms with Crippen LogP contribution in [0.25, 0.3) is 0 Å². The number of urea groups is 1. The molecule has 0 atom stereocenters. The van der Waals surface area contributed by atoms with Gasteiger partial charge >= 0.3 is 12.0 Å². The molecular formula is C15H19BrN2O3. The normalized spacial score (nSPS) is 15.8. The summed E-state index contributed by atoms with van der Waals surface area (Å²) < 4.78 is 1.01. The molecule has 0 unspecified atom stereocenters. The average molecular weight is 355 g/mol. The van der Waals surface area contributed by atoms with Gasteiger partial charge in [0.15, 0.2) is 0 Å². The smallest absolute Gasteiger partial charge is 0.317 e. The van der Waals surface area contributed by atoms with Crippen molar-refractivity contribution in [1.29, 1.82) is 0 Å². The van der Waals surface area contributed by atoms with Gasteiger partial charge in [-0.1, -0.05) is 34.1 Å². The van der Waals surface area contributed by atoms with Crippen molar-refractivity contribution in [3.05, 3.63) is 33.8 Å². The van der Waals surface area contributed by atoms with Gasteiger partial charge in [-0.05, 0) is 30.9 Å². The Morgan fingerprint density at radius 3 is 2.67 bits per heavy atom. The molecule has 0 aromatic heterocycles. The molecule has 0 bridgehead atoms. The van der Waals surface area contributed by atoms with E-state index in [4.69, 9.17) is 5.11 Å². The number of carboxylic acids is 1. The van der Waals surface area contributed by atoms with E-state index in [0.717, 1.165) is 15.6 Å². The Morgan fingerprint density at radius 1 is 1.38 bits per heavy atom. The Morgan fingerprint density at radius 2 is 2.05 bits per heavy atom. The number of amides is 2. The van der Waals surface area contributed by atoms with Gasteiger partial charge in [-0.15, -0.1) is 0 Å². The van der Waals surface area contributed by atoms with Crippen LogP contribution in [-0.4, -0.2) is 35.1 Å². The fraction of sp³-hybridized carbons (Fsp3) is 0.467. The van der Waals surface area contributed by atoms with Crippen LogP contribution in [-0.2, 0) is 11.3 Å². The van der Waals surface area contributed by atoms with Gasteiger partial charge in [0.25, 0.3) is 0 Å². The quantitative estimate of drug-likeness (QED) is 0.876. The minimum atomic E-state index is -0.765. The Kier molecular flexibility index (Phi) is 5.22. The molecule has 2 rings (SSSR count). The molecule has 1 heterocycles. The fourth-order valence-electron chi connectivity index (χ4n) is 2.46. The van der Waals surface area contributed by atoms with Crippen molar-refractivity contribution in [1.82, 2.24) is 10.2 Å². The Balaban J connectivity index is 1.85. The van der Waals surface area contributed by atoms with Crippen LogP contribution in [0.2, 0.25) is 0 Å². The molecule has 1 aromatic rings. The van der Waals surface area contributed by atoms with Crippen LogP contribution in [0.15, 0.2) is 22.7 Å². The van der Waals surface area contributed by atoms with E-state index in [1.165, 1.54) is 0 Å². The summed E-state index contributed by atoms with van der Waals surface area (Å²) in [6.45, 7) is 3.46. The maximum atomic E-state index is 12.1. The number of carbonyl (C=O) groups excluding carboxylic acids is 1. The number of hydrogen-bond acceptors (Lipinski definition) is 2. The molecule has 6 heteroatoms. The third-order valence-corrected chi connectivity index (χ3v) is 4.97. The van der Waals surface area contributed by atoms with E-state index in [1.54, 1.807) is 4.90 Å². The van der Waals surface area contributed by atoms with E-state index in [-0.39, 0.29) is 11.9 Å². The van der Waals surface area contributed by atoms with Crippen molar-refractivity contribution in [2.24, 2.45) is 5.92 Å². The molecule has 0 spiro atoms. The molecule has 114 valence electrons. The Labute approximate surface area is 132 Å². The number of benzene rings is 1. The first-order chi connectivity index (χ1) is 9.99. The topological polar surface area (TPSA) is 69.6 Å². The molecule has 1 saturated heterocycles. The number of nitrogens with zero attached hydrogens (tertiary/aromatic N) is 1. The third-order valence-electron chi connectivity index (χ3n) is 3.83. The Hall–Kier alpha value is -1.56. The monoisotopic (exact) mass is 354 g/mol. The third kappa shape index (κ3) is 3.97. The van der Waals surface area contributed by atoms with Gasteiger partial charge < -0.3 is 15.3 Å². The first-order valence-electron chi connectivity index (χ1n) is 6.98. The summed E-state index contributed by atoms with van der Waals surface area (Å²) >= 11 is 3.52. The highest BCUT2D eigenvalue weighted by Crippen LogP contribution is 2.21. The second-order valence-electron chi connectivity index (χ2n) is 5.31. The molecule has 1 aliphatic rings. The predicted molar refractivity (Wildman–Crippen MR) is 83.0 cm³/mol. The lowest BCUT2D eigenvalue weighted by Crippen LogP contribution is -2.45. The van der Waals surface area contributed by atoms with Crippen molar-refractivity contribution in [2.45, 2.75) is 26.3 Å². The minimum absolute atomic E-state index is 0.132. The van der Waals surface area contributed by atoms with Gasteiger partial charge in [0.2, 0.25) is 0 Å². The zero-order chi connectivity index (χ0) is 15.4. The van der Waals surface area contributed by atoms with Gasteiger partial charge in [0.05, 0.1) is 5.92 Å². The fourth-order valence-corrected chi connectivity index (χ4v) is 2.86. The number of carboxylic acid groups (broad SMARTS) is 1. The summed E-state index contributed by atoms with van der Waals surface area (Å²) in [7, 11) is 0. The van der Waals surface area contributed by atoms with Crippen molar-refractivity contribution in [3.8, 4) is 0 Å². The van der Waals surface area contributed by atoms with E-state index in [2.05, 4.69) is 21.2 Å². The first kappa shape index (κ1) is 15.8. The van der Waals surface area contributed by atoms with E-state index in [1.807, 2.05) is 25.1 Å². The van der Waals surface area contributed by atoms with Crippen molar-refractivity contribution < 1.29 is 14.7 Å². The molecule has 2 N–H and O–H groups in total. The van der Waals surface area contributed by atoms with Crippen molar-refractivity contribution >= 4 is 27.9 Å². The van der Waals surface area contributed by atoms with E-state index in [0.29, 0.717) is 32.5 Å². The molecule has 0 saturated carbocycles. The average Bonchev–Trinajstić information content (AvgIpc) is 2.48. The summed E-state index contributed by atoms with van der Waals surface area (Å²) in [5.41, 5.74) is 2.16. The highest BCUT2D eigenvalue weighted by Gasteiger charge is 2.26.